The fourth-order valence-corrected chi connectivity index (χ4v) is 2.01. The lowest BCUT2D eigenvalue weighted by Crippen LogP contribution is -2.55. The quantitative estimate of drug-likeness (QED) is 0.614. The maximum absolute atomic E-state index is 11.8. The van der Waals surface area contributed by atoms with Crippen LogP contribution in [0.2, 0.25) is 0 Å². The molecule has 0 aromatic rings. The van der Waals surface area contributed by atoms with Gasteiger partial charge in [0.05, 0.1) is 12.7 Å². The highest BCUT2D eigenvalue weighted by Crippen LogP contribution is 2.29. The normalized spacial score (nSPS) is 30.5. The molecule has 0 radical (unpaired) electrons. The third-order valence-electron chi connectivity index (χ3n) is 2.84. The first-order valence-corrected chi connectivity index (χ1v) is 5.55. The number of amides is 1. The topological polar surface area (TPSA) is 38.8 Å². The maximum Gasteiger partial charge on any atom is 0.410 e. The fourth-order valence-electron chi connectivity index (χ4n) is 2.01. The van der Waals surface area contributed by atoms with Crippen molar-refractivity contribution in [2.24, 2.45) is 5.92 Å². The van der Waals surface area contributed by atoms with Crippen molar-refractivity contribution in [2.75, 3.05) is 19.7 Å². The zero-order chi connectivity index (χ0) is 11.1. The summed E-state index contributed by atoms with van der Waals surface area (Å²) >= 11 is 0. The van der Waals surface area contributed by atoms with E-state index in [-0.39, 0.29) is 6.09 Å². The summed E-state index contributed by atoms with van der Waals surface area (Å²) < 4.78 is 10.7. The van der Waals surface area contributed by atoms with Crippen LogP contribution >= 0.6 is 0 Å². The molecule has 0 bridgehead atoms. The number of hydrogen-bond acceptors (Lipinski definition) is 3. The Morgan fingerprint density at radius 2 is 2.20 bits per heavy atom. The SMILES string of the molecule is CC(C)(C)OC(=O)N1CC[C@@H]2OC[C@H]2C1. The van der Waals surface area contributed by atoms with Gasteiger partial charge in [0.25, 0.3) is 0 Å². The number of piperidine rings is 1. The second kappa shape index (κ2) is 3.67. The molecular formula is C11H19NO3. The average molecular weight is 213 g/mol. The zero-order valence-electron chi connectivity index (χ0n) is 9.66. The molecule has 2 rings (SSSR count). The van der Waals surface area contributed by atoms with E-state index in [4.69, 9.17) is 9.47 Å². The van der Waals surface area contributed by atoms with Crippen LogP contribution in [0.1, 0.15) is 27.2 Å². The third-order valence-corrected chi connectivity index (χ3v) is 2.84. The van der Waals surface area contributed by atoms with Crippen molar-refractivity contribution in [2.45, 2.75) is 38.9 Å². The van der Waals surface area contributed by atoms with Crippen LogP contribution in [0.25, 0.3) is 0 Å². The van der Waals surface area contributed by atoms with E-state index in [9.17, 15) is 4.79 Å². The van der Waals surface area contributed by atoms with Crippen LogP contribution in [0.3, 0.4) is 0 Å². The van der Waals surface area contributed by atoms with E-state index in [2.05, 4.69) is 0 Å². The molecule has 0 spiro atoms. The predicted octanol–water partition coefficient (Wildman–Crippen LogP) is 1.64. The molecule has 0 aliphatic carbocycles. The summed E-state index contributed by atoms with van der Waals surface area (Å²) in [5.74, 6) is 0.534. The number of nitrogens with zero attached hydrogens (tertiary/aromatic N) is 1. The van der Waals surface area contributed by atoms with Gasteiger partial charge in [0.2, 0.25) is 0 Å². The number of carbonyl (C=O) groups excluding carboxylic acids is 1. The van der Waals surface area contributed by atoms with Gasteiger partial charge in [-0.25, -0.2) is 4.79 Å². The molecule has 0 aromatic carbocycles. The van der Waals surface area contributed by atoms with E-state index in [1.807, 2.05) is 20.8 Å². The molecule has 0 N–H and O–H groups in total. The maximum atomic E-state index is 11.8. The van der Waals surface area contributed by atoms with E-state index in [1.54, 1.807) is 4.90 Å². The number of fused-ring (bicyclic) bond motifs is 1. The summed E-state index contributed by atoms with van der Waals surface area (Å²) in [6.45, 7) is 8.03. The highest BCUT2D eigenvalue weighted by Gasteiger charge is 2.39. The van der Waals surface area contributed by atoms with Crippen LogP contribution in [-0.4, -0.2) is 42.4 Å². The van der Waals surface area contributed by atoms with E-state index in [0.717, 1.165) is 26.1 Å². The number of ether oxygens (including phenoxy) is 2. The van der Waals surface area contributed by atoms with Crippen molar-refractivity contribution in [3.8, 4) is 0 Å². The van der Waals surface area contributed by atoms with E-state index < -0.39 is 5.60 Å². The first-order chi connectivity index (χ1) is 6.96. The highest BCUT2D eigenvalue weighted by atomic mass is 16.6. The number of rotatable bonds is 0. The minimum Gasteiger partial charge on any atom is -0.444 e. The first kappa shape index (κ1) is 10.7. The summed E-state index contributed by atoms with van der Waals surface area (Å²) in [6.07, 6.45) is 1.15. The Kier molecular flexibility index (Phi) is 2.63. The number of likely N-dealkylation sites (tertiary alicyclic amines) is 1. The van der Waals surface area contributed by atoms with Gasteiger partial charge < -0.3 is 14.4 Å². The molecule has 2 atom stereocenters. The van der Waals surface area contributed by atoms with Crippen molar-refractivity contribution in [1.82, 2.24) is 4.90 Å². The molecular weight excluding hydrogens is 194 g/mol. The monoisotopic (exact) mass is 213 g/mol. The zero-order valence-corrected chi connectivity index (χ0v) is 9.66. The predicted molar refractivity (Wildman–Crippen MR) is 55.7 cm³/mol. The molecule has 1 amide bonds. The molecule has 4 heteroatoms. The summed E-state index contributed by atoms with van der Waals surface area (Å²) in [4.78, 5) is 13.6. The highest BCUT2D eigenvalue weighted by molar-refractivity contribution is 5.68. The van der Waals surface area contributed by atoms with Gasteiger partial charge in [-0.1, -0.05) is 0 Å². The molecule has 0 unspecified atom stereocenters. The van der Waals surface area contributed by atoms with Crippen LogP contribution < -0.4 is 0 Å². The molecule has 2 aliphatic rings. The molecule has 15 heavy (non-hydrogen) atoms. The number of carbonyl (C=O) groups is 1. The van der Waals surface area contributed by atoms with Crippen molar-refractivity contribution >= 4 is 6.09 Å². The Bertz CT molecular complexity index is 259. The van der Waals surface area contributed by atoms with E-state index in [0.29, 0.717) is 12.0 Å². The smallest absolute Gasteiger partial charge is 0.410 e. The fraction of sp³-hybridized carbons (Fsp3) is 0.909. The van der Waals surface area contributed by atoms with Gasteiger partial charge in [-0.15, -0.1) is 0 Å². The lowest BCUT2D eigenvalue weighted by Gasteiger charge is -2.45. The van der Waals surface area contributed by atoms with Gasteiger partial charge in [-0.2, -0.15) is 0 Å². The van der Waals surface area contributed by atoms with Gasteiger partial charge >= 0.3 is 6.09 Å². The van der Waals surface area contributed by atoms with E-state index >= 15 is 0 Å². The Morgan fingerprint density at radius 1 is 1.47 bits per heavy atom. The summed E-state index contributed by atoms with van der Waals surface area (Å²) in [5, 5.41) is 0. The summed E-state index contributed by atoms with van der Waals surface area (Å²) in [5.41, 5.74) is -0.399. The van der Waals surface area contributed by atoms with Crippen molar-refractivity contribution in [1.29, 1.82) is 0 Å². The van der Waals surface area contributed by atoms with Crippen LogP contribution in [0, 0.1) is 5.92 Å². The minimum atomic E-state index is -0.399. The third kappa shape index (κ3) is 2.43. The minimum absolute atomic E-state index is 0.187. The van der Waals surface area contributed by atoms with Crippen molar-refractivity contribution < 1.29 is 14.3 Å². The van der Waals surface area contributed by atoms with Crippen molar-refractivity contribution in [3.63, 3.8) is 0 Å². The molecule has 0 saturated carbocycles. The Hall–Kier alpha value is -0.770. The van der Waals surface area contributed by atoms with Gasteiger partial charge in [0.15, 0.2) is 0 Å². The van der Waals surface area contributed by atoms with E-state index in [1.165, 1.54) is 0 Å². The molecule has 0 aromatic heterocycles. The standard InChI is InChI=1S/C11H19NO3/c1-11(2,3)15-10(13)12-5-4-9-8(6-12)7-14-9/h8-9H,4-7H2,1-3H3/t8-,9+/m1/s1. The first-order valence-electron chi connectivity index (χ1n) is 5.55. The summed E-state index contributed by atoms with van der Waals surface area (Å²) in [6, 6.07) is 0. The molecule has 86 valence electrons. The second-order valence-corrected chi connectivity index (χ2v) is 5.35. The van der Waals surface area contributed by atoms with Crippen LogP contribution in [-0.2, 0) is 9.47 Å². The largest absolute Gasteiger partial charge is 0.444 e. The average Bonchev–Trinajstić information content (AvgIpc) is 2.04. The van der Waals surface area contributed by atoms with Gasteiger partial charge in [0.1, 0.15) is 5.60 Å². The number of hydrogen-bond donors (Lipinski definition) is 0. The Morgan fingerprint density at radius 3 is 2.67 bits per heavy atom. The summed E-state index contributed by atoms with van der Waals surface area (Å²) in [7, 11) is 0. The van der Waals surface area contributed by atoms with Crippen LogP contribution in [0.15, 0.2) is 0 Å². The van der Waals surface area contributed by atoms with Gasteiger partial charge in [0, 0.05) is 19.0 Å². The Labute approximate surface area is 90.5 Å². The molecule has 2 heterocycles. The lowest BCUT2D eigenvalue weighted by molar-refractivity contribution is -0.146. The second-order valence-electron chi connectivity index (χ2n) is 5.35. The van der Waals surface area contributed by atoms with Crippen LogP contribution in [0.5, 0.6) is 0 Å². The Balaban J connectivity index is 1.86. The van der Waals surface area contributed by atoms with Crippen LogP contribution in [0.4, 0.5) is 4.79 Å². The van der Waals surface area contributed by atoms with Gasteiger partial charge in [-0.05, 0) is 27.2 Å². The van der Waals surface area contributed by atoms with Crippen molar-refractivity contribution in [3.05, 3.63) is 0 Å². The molecule has 4 nitrogen and oxygen atoms in total. The lowest BCUT2D eigenvalue weighted by atomic mass is 9.91. The molecule has 2 fully saturated rings. The molecule has 2 aliphatic heterocycles. The van der Waals surface area contributed by atoms with Gasteiger partial charge in [-0.3, -0.25) is 0 Å². The molecule has 2 saturated heterocycles.